The van der Waals surface area contributed by atoms with Crippen molar-refractivity contribution in [3.8, 4) is 5.75 Å². The molecule has 0 fully saturated rings. The Morgan fingerprint density at radius 3 is 2.85 bits per heavy atom. The van der Waals surface area contributed by atoms with Crippen molar-refractivity contribution in [3.63, 3.8) is 0 Å². The fraction of sp³-hybridized carbons (Fsp3) is 0.250. The molecule has 0 aromatic heterocycles. The summed E-state index contributed by atoms with van der Waals surface area (Å²) in [5, 5.41) is -0.264. The van der Waals surface area contributed by atoms with Crippen LogP contribution >= 0.6 is 23.2 Å². The van der Waals surface area contributed by atoms with Crippen molar-refractivity contribution in [1.82, 2.24) is 0 Å². The molecule has 0 amide bonds. The average Bonchev–Trinajstić information content (AvgIpc) is 2.77. The summed E-state index contributed by atoms with van der Waals surface area (Å²) >= 11 is 12.5. The molecule has 2 aromatic carbocycles. The monoisotopic (exact) mass is 310 g/mol. The van der Waals surface area contributed by atoms with E-state index in [-0.39, 0.29) is 11.9 Å². The lowest BCUT2D eigenvalue weighted by atomic mass is 10.00. The molecule has 0 bridgehead atoms. The number of rotatable bonds is 2. The highest BCUT2D eigenvalue weighted by atomic mass is 35.5. The van der Waals surface area contributed by atoms with Crippen LogP contribution in [0.3, 0.4) is 0 Å². The molecular formula is C16H13Cl2FO. The van der Waals surface area contributed by atoms with E-state index >= 15 is 0 Å². The lowest BCUT2D eigenvalue weighted by Crippen LogP contribution is -2.05. The summed E-state index contributed by atoms with van der Waals surface area (Å²) in [5.41, 5.74) is 2.26. The van der Waals surface area contributed by atoms with Gasteiger partial charge < -0.3 is 4.74 Å². The molecule has 1 heterocycles. The van der Waals surface area contributed by atoms with E-state index < -0.39 is 5.38 Å². The molecule has 2 atom stereocenters. The van der Waals surface area contributed by atoms with E-state index in [2.05, 4.69) is 0 Å². The molecule has 0 radical (unpaired) electrons. The van der Waals surface area contributed by atoms with Crippen LogP contribution in [0.1, 0.15) is 29.0 Å². The largest absolute Gasteiger partial charge is 0.490 e. The van der Waals surface area contributed by atoms with Gasteiger partial charge in [0.05, 0.1) is 5.38 Å². The van der Waals surface area contributed by atoms with Gasteiger partial charge in [-0.15, -0.1) is 11.6 Å². The Kier molecular flexibility index (Phi) is 3.61. The molecule has 0 N–H and O–H groups in total. The predicted molar refractivity (Wildman–Crippen MR) is 79.3 cm³/mol. The summed E-state index contributed by atoms with van der Waals surface area (Å²) < 4.78 is 19.6. The summed E-state index contributed by atoms with van der Waals surface area (Å²) in [6.45, 7) is 2.02. The molecular weight excluding hydrogens is 298 g/mol. The maximum Gasteiger partial charge on any atom is 0.129 e. The third-order valence-electron chi connectivity index (χ3n) is 3.47. The quantitative estimate of drug-likeness (QED) is 0.699. The molecule has 4 heteroatoms. The highest BCUT2D eigenvalue weighted by Crippen LogP contribution is 2.38. The minimum Gasteiger partial charge on any atom is -0.490 e. The SMILES string of the molecule is CC1Cc2cc(C(Cl)c3c(F)cccc3Cl)ccc2O1. The van der Waals surface area contributed by atoms with Gasteiger partial charge in [0, 0.05) is 17.0 Å². The minimum atomic E-state index is -0.607. The summed E-state index contributed by atoms with van der Waals surface area (Å²) in [6, 6.07) is 10.3. The van der Waals surface area contributed by atoms with Crippen LogP contribution in [0.5, 0.6) is 5.75 Å². The van der Waals surface area contributed by atoms with Crippen molar-refractivity contribution in [2.24, 2.45) is 0 Å². The van der Waals surface area contributed by atoms with Crippen molar-refractivity contribution in [3.05, 3.63) is 63.9 Å². The second-order valence-electron chi connectivity index (χ2n) is 5.00. The minimum absolute atomic E-state index is 0.172. The first-order valence-electron chi connectivity index (χ1n) is 6.43. The smallest absolute Gasteiger partial charge is 0.129 e. The number of ether oxygens (including phenoxy) is 1. The number of hydrogen-bond acceptors (Lipinski definition) is 1. The van der Waals surface area contributed by atoms with Crippen LogP contribution in [0.2, 0.25) is 5.02 Å². The molecule has 1 nitrogen and oxygen atoms in total. The first-order valence-corrected chi connectivity index (χ1v) is 7.25. The van der Waals surface area contributed by atoms with Gasteiger partial charge in [0.25, 0.3) is 0 Å². The van der Waals surface area contributed by atoms with Crippen molar-refractivity contribution in [2.45, 2.75) is 24.8 Å². The van der Waals surface area contributed by atoms with Crippen molar-refractivity contribution < 1.29 is 9.13 Å². The standard InChI is InChI=1S/C16H13Cl2FO/c1-9-7-11-8-10(5-6-14(11)20-9)16(18)15-12(17)3-2-4-13(15)19/h2-6,8-9,16H,7H2,1H3. The van der Waals surface area contributed by atoms with E-state index in [1.165, 1.54) is 6.07 Å². The Morgan fingerprint density at radius 2 is 2.10 bits per heavy atom. The van der Waals surface area contributed by atoms with Crippen LogP contribution in [-0.2, 0) is 6.42 Å². The molecule has 3 rings (SSSR count). The number of hydrogen-bond donors (Lipinski definition) is 0. The fourth-order valence-electron chi connectivity index (χ4n) is 2.52. The third kappa shape index (κ3) is 2.38. The number of halogens is 3. The first-order chi connectivity index (χ1) is 9.56. The second kappa shape index (κ2) is 5.27. The lowest BCUT2D eigenvalue weighted by Gasteiger charge is -2.14. The Morgan fingerprint density at radius 1 is 1.30 bits per heavy atom. The van der Waals surface area contributed by atoms with Crippen molar-refractivity contribution in [2.75, 3.05) is 0 Å². The molecule has 0 spiro atoms. The van der Waals surface area contributed by atoms with Crippen molar-refractivity contribution in [1.29, 1.82) is 0 Å². The van der Waals surface area contributed by atoms with Crippen molar-refractivity contribution >= 4 is 23.2 Å². The number of alkyl halides is 1. The molecule has 0 aliphatic carbocycles. The van der Waals surface area contributed by atoms with Crippen LogP contribution in [0.15, 0.2) is 36.4 Å². The first kappa shape index (κ1) is 13.7. The van der Waals surface area contributed by atoms with Gasteiger partial charge in [0.2, 0.25) is 0 Å². The molecule has 1 aliphatic heterocycles. The molecule has 0 saturated carbocycles. The van der Waals surface area contributed by atoms with Crippen LogP contribution < -0.4 is 4.74 Å². The summed E-state index contributed by atoms with van der Waals surface area (Å²) in [7, 11) is 0. The summed E-state index contributed by atoms with van der Waals surface area (Å²) in [6.07, 6.45) is 1.02. The topological polar surface area (TPSA) is 9.23 Å². The number of fused-ring (bicyclic) bond motifs is 1. The maximum absolute atomic E-state index is 13.9. The van der Waals surface area contributed by atoms with Crippen LogP contribution in [0.25, 0.3) is 0 Å². The Hall–Kier alpha value is -1.25. The highest BCUT2D eigenvalue weighted by Gasteiger charge is 2.23. The zero-order chi connectivity index (χ0) is 14.3. The van der Waals surface area contributed by atoms with Crippen LogP contribution in [0, 0.1) is 5.82 Å². The molecule has 0 saturated heterocycles. The van der Waals surface area contributed by atoms with Gasteiger partial charge in [-0.1, -0.05) is 29.8 Å². The molecule has 2 unspecified atom stereocenters. The van der Waals surface area contributed by atoms with Crippen LogP contribution in [0.4, 0.5) is 4.39 Å². The van der Waals surface area contributed by atoms with E-state index in [1.807, 2.05) is 25.1 Å². The fourth-order valence-corrected chi connectivity index (χ4v) is 3.20. The van der Waals surface area contributed by atoms with Gasteiger partial charge in [-0.3, -0.25) is 0 Å². The van der Waals surface area contributed by atoms with Gasteiger partial charge in [-0.25, -0.2) is 4.39 Å². The number of benzene rings is 2. The Balaban J connectivity index is 2.00. The van der Waals surface area contributed by atoms with Gasteiger partial charge in [0.1, 0.15) is 17.7 Å². The molecule has 2 aromatic rings. The van der Waals surface area contributed by atoms with E-state index in [4.69, 9.17) is 27.9 Å². The zero-order valence-electron chi connectivity index (χ0n) is 10.9. The van der Waals surface area contributed by atoms with Gasteiger partial charge in [-0.2, -0.15) is 0 Å². The van der Waals surface area contributed by atoms with E-state index in [0.29, 0.717) is 10.6 Å². The predicted octanol–water partition coefficient (Wildman–Crippen LogP) is 5.13. The third-order valence-corrected chi connectivity index (χ3v) is 4.27. The zero-order valence-corrected chi connectivity index (χ0v) is 12.4. The summed E-state index contributed by atoms with van der Waals surface area (Å²) in [5.74, 6) is 0.493. The lowest BCUT2D eigenvalue weighted by molar-refractivity contribution is 0.254. The van der Waals surface area contributed by atoms with Gasteiger partial charge in [-0.05, 0) is 36.2 Å². The van der Waals surface area contributed by atoms with Gasteiger partial charge >= 0.3 is 0 Å². The van der Waals surface area contributed by atoms with E-state index in [0.717, 1.165) is 23.3 Å². The Labute approximate surface area is 127 Å². The van der Waals surface area contributed by atoms with E-state index in [9.17, 15) is 4.39 Å². The molecule has 1 aliphatic rings. The van der Waals surface area contributed by atoms with Gasteiger partial charge in [0.15, 0.2) is 0 Å². The van der Waals surface area contributed by atoms with E-state index in [1.54, 1.807) is 12.1 Å². The van der Waals surface area contributed by atoms with Crippen LogP contribution in [-0.4, -0.2) is 6.10 Å². The maximum atomic E-state index is 13.9. The molecule has 20 heavy (non-hydrogen) atoms. The highest BCUT2D eigenvalue weighted by molar-refractivity contribution is 6.33. The second-order valence-corrected chi connectivity index (χ2v) is 5.84. The summed E-state index contributed by atoms with van der Waals surface area (Å²) in [4.78, 5) is 0. The molecule has 104 valence electrons. The normalized spacial score (nSPS) is 18.5. The Bertz CT molecular complexity index is 637. The average molecular weight is 311 g/mol.